The molecule has 0 atom stereocenters. The molecule has 2 heteroatoms. The van der Waals surface area contributed by atoms with E-state index in [0.29, 0.717) is 0 Å². The summed E-state index contributed by atoms with van der Waals surface area (Å²) in [5.41, 5.74) is 5.16. The summed E-state index contributed by atoms with van der Waals surface area (Å²) in [6.07, 6.45) is 8.83. The highest BCUT2D eigenvalue weighted by Gasteiger charge is 2.05. The molecule has 140 valence electrons. The predicted molar refractivity (Wildman–Crippen MR) is 130 cm³/mol. The summed E-state index contributed by atoms with van der Waals surface area (Å²) in [5, 5.41) is 5.21. The number of rotatable bonds is 4. The summed E-state index contributed by atoms with van der Waals surface area (Å²) < 4.78 is 0. The maximum atomic E-state index is 2.31. The minimum atomic E-state index is 1.28. The van der Waals surface area contributed by atoms with E-state index in [1.165, 1.54) is 53.6 Å². The van der Waals surface area contributed by atoms with Gasteiger partial charge in [0.2, 0.25) is 0 Å². The maximum absolute atomic E-state index is 2.31. The van der Waals surface area contributed by atoms with Crippen LogP contribution in [0.1, 0.15) is 22.3 Å². The Labute approximate surface area is 176 Å². The van der Waals surface area contributed by atoms with E-state index < -0.39 is 0 Å². The van der Waals surface area contributed by atoms with Gasteiger partial charge < -0.3 is 0 Å². The molecule has 4 rings (SSSR count). The summed E-state index contributed by atoms with van der Waals surface area (Å²) in [4.78, 5) is 2.63. The quantitative estimate of drug-likeness (QED) is 0.250. The van der Waals surface area contributed by atoms with Crippen molar-refractivity contribution in [2.24, 2.45) is 0 Å². The van der Waals surface area contributed by atoms with Crippen molar-refractivity contribution in [3.8, 4) is 0 Å². The molecule has 0 aliphatic rings. The van der Waals surface area contributed by atoms with Crippen LogP contribution in [0.3, 0.4) is 0 Å². The van der Waals surface area contributed by atoms with Crippen molar-refractivity contribution < 1.29 is 0 Å². The van der Waals surface area contributed by atoms with Gasteiger partial charge in [-0.05, 0) is 83.3 Å². The Hall–Kier alpha value is -2.16. The number of thioether (sulfide) groups is 2. The largest absolute Gasteiger partial charge is 0.129 e. The van der Waals surface area contributed by atoms with Crippen molar-refractivity contribution in [1.82, 2.24) is 0 Å². The first kappa shape index (κ1) is 19.2. The zero-order valence-electron chi connectivity index (χ0n) is 16.7. The molecule has 0 heterocycles. The minimum Gasteiger partial charge on any atom is -0.129 e. The second kappa shape index (κ2) is 8.06. The van der Waals surface area contributed by atoms with Gasteiger partial charge in [0, 0.05) is 9.79 Å². The smallest absolute Gasteiger partial charge is 0.0148 e. The van der Waals surface area contributed by atoms with Crippen molar-refractivity contribution in [3.05, 3.63) is 82.9 Å². The molecule has 0 nitrogen and oxygen atoms in total. The second-order valence-electron chi connectivity index (χ2n) is 7.22. The second-order valence-corrected chi connectivity index (χ2v) is 8.92. The van der Waals surface area contributed by atoms with Crippen LogP contribution in [-0.2, 0) is 0 Å². The van der Waals surface area contributed by atoms with Gasteiger partial charge in [0.05, 0.1) is 0 Å². The molecular formula is C26H24S2. The molecule has 0 fully saturated rings. The standard InChI is InChI=1S/C26H24S2/c1-17-5-7-19-13-21(25(27-3)15-23(19)11-17)9-10-22-14-20-8-6-18(2)12-24(20)16-26(22)28-4/h5-16H,1-4H3/b10-9+. The Morgan fingerprint density at radius 3 is 1.36 bits per heavy atom. The Balaban J connectivity index is 1.80. The first-order chi connectivity index (χ1) is 13.6. The van der Waals surface area contributed by atoms with Crippen molar-refractivity contribution >= 4 is 57.2 Å². The highest BCUT2D eigenvalue weighted by Crippen LogP contribution is 2.32. The predicted octanol–water partition coefficient (Wildman–Crippen LogP) is 8.22. The van der Waals surface area contributed by atoms with Crippen LogP contribution in [0.2, 0.25) is 0 Å². The highest BCUT2D eigenvalue weighted by atomic mass is 32.2. The Morgan fingerprint density at radius 2 is 0.964 bits per heavy atom. The van der Waals surface area contributed by atoms with E-state index in [1.807, 2.05) is 23.5 Å². The highest BCUT2D eigenvalue weighted by molar-refractivity contribution is 7.99. The van der Waals surface area contributed by atoms with Crippen molar-refractivity contribution in [2.75, 3.05) is 12.5 Å². The van der Waals surface area contributed by atoms with E-state index in [-0.39, 0.29) is 0 Å². The summed E-state index contributed by atoms with van der Waals surface area (Å²) >= 11 is 3.62. The molecule has 4 aromatic rings. The number of hydrogen-bond donors (Lipinski definition) is 0. The summed E-state index contributed by atoms with van der Waals surface area (Å²) in [7, 11) is 0. The maximum Gasteiger partial charge on any atom is 0.0148 e. The first-order valence-corrected chi connectivity index (χ1v) is 11.9. The zero-order valence-corrected chi connectivity index (χ0v) is 18.4. The normalized spacial score (nSPS) is 11.7. The molecule has 4 aromatic carbocycles. The monoisotopic (exact) mass is 400 g/mol. The fourth-order valence-electron chi connectivity index (χ4n) is 3.62. The van der Waals surface area contributed by atoms with Crippen LogP contribution in [0, 0.1) is 13.8 Å². The van der Waals surface area contributed by atoms with E-state index in [9.17, 15) is 0 Å². The van der Waals surface area contributed by atoms with Gasteiger partial charge in [-0.25, -0.2) is 0 Å². The van der Waals surface area contributed by atoms with Crippen LogP contribution in [0.4, 0.5) is 0 Å². The van der Waals surface area contributed by atoms with Gasteiger partial charge in [-0.1, -0.05) is 59.7 Å². The molecule has 0 N–H and O–H groups in total. The SMILES string of the molecule is CSc1cc2cc(C)ccc2cc1/C=C/c1cc2ccc(C)cc2cc1SC. The topological polar surface area (TPSA) is 0 Å². The van der Waals surface area contributed by atoms with Crippen molar-refractivity contribution in [1.29, 1.82) is 0 Å². The van der Waals surface area contributed by atoms with Gasteiger partial charge in [0.25, 0.3) is 0 Å². The zero-order chi connectivity index (χ0) is 19.7. The van der Waals surface area contributed by atoms with Crippen LogP contribution in [0.25, 0.3) is 33.7 Å². The minimum absolute atomic E-state index is 1.28. The van der Waals surface area contributed by atoms with Crippen LogP contribution < -0.4 is 0 Å². The third-order valence-electron chi connectivity index (χ3n) is 5.13. The Bertz CT molecular complexity index is 1110. The van der Waals surface area contributed by atoms with Gasteiger partial charge in [-0.15, -0.1) is 23.5 Å². The van der Waals surface area contributed by atoms with Gasteiger partial charge >= 0.3 is 0 Å². The molecule has 28 heavy (non-hydrogen) atoms. The number of fused-ring (bicyclic) bond motifs is 2. The fraction of sp³-hybridized carbons (Fsp3) is 0.154. The van der Waals surface area contributed by atoms with Gasteiger partial charge in [-0.2, -0.15) is 0 Å². The van der Waals surface area contributed by atoms with Gasteiger partial charge in [-0.3, -0.25) is 0 Å². The lowest BCUT2D eigenvalue weighted by molar-refractivity contribution is 1.43. The third kappa shape index (κ3) is 3.85. The molecule has 0 amide bonds. The molecule has 0 aliphatic heterocycles. The molecule has 0 bridgehead atoms. The number of benzene rings is 4. The van der Waals surface area contributed by atoms with Gasteiger partial charge in [0.15, 0.2) is 0 Å². The summed E-state index contributed by atoms with van der Waals surface area (Å²) in [6.45, 7) is 4.30. The average molecular weight is 401 g/mol. The van der Waals surface area contributed by atoms with Crippen molar-refractivity contribution in [3.63, 3.8) is 0 Å². The Kier molecular flexibility index (Phi) is 5.52. The van der Waals surface area contributed by atoms with Crippen LogP contribution >= 0.6 is 23.5 Å². The molecule has 0 saturated carbocycles. The molecule has 0 unspecified atom stereocenters. The molecule has 0 aliphatic carbocycles. The van der Waals surface area contributed by atoms with E-state index in [1.54, 1.807) is 0 Å². The van der Waals surface area contributed by atoms with E-state index >= 15 is 0 Å². The summed E-state index contributed by atoms with van der Waals surface area (Å²) in [6, 6.07) is 22.6. The van der Waals surface area contributed by atoms with Crippen LogP contribution in [-0.4, -0.2) is 12.5 Å². The Morgan fingerprint density at radius 1 is 0.536 bits per heavy atom. The van der Waals surface area contributed by atoms with E-state index in [0.717, 1.165) is 0 Å². The van der Waals surface area contributed by atoms with Crippen LogP contribution in [0.15, 0.2) is 70.5 Å². The van der Waals surface area contributed by atoms with E-state index in [4.69, 9.17) is 0 Å². The van der Waals surface area contributed by atoms with Gasteiger partial charge in [0.1, 0.15) is 0 Å². The lowest BCUT2D eigenvalue weighted by Crippen LogP contribution is -1.85. The molecule has 0 aromatic heterocycles. The molecular weight excluding hydrogens is 376 g/mol. The lowest BCUT2D eigenvalue weighted by atomic mass is 10.0. The molecule has 0 spiro atoms. The molecule has 0 saturated heterocycles. The molecule has 0 radical (unpaired) electrons. The van der Waals surface area contributed by atoms with Crippen LogP contribution in [0.5, 0.6) is 0 Å². The number of aryl methyl sites for hydroxylation is 2. The van der Waals surface area contributed by atoms with Crippen molar-refractivity contribution in [2.45, 2.75) is 23.6 Å². The average Bonchev–Trinajstić information content (AvgIpc) is 2.70. The first-order valence-electron chi connectivity index (χ1n) is 9.42. The van der Waals surface area contributed by atoms with E-state index in [2.05, 4.69) is 99.2 Å². The third-order valence-corrected chi connectivity index (χ3v) is 6.72. The number of hydrogen-bond acceptors (Lipinski definition) is 2. The fourth-order valence-corrected chi connectivity index (χ4v) is 4.84. The summed E-state index contributed by atoms with van der Waals surface area (Å²) in [5.74, 6) is 0. The lowest BCUT2D eigenvalue weighted by Gasteiger charge is -2.09.